The quantitative estimate of drug-likeness (QED) is 0.446. The average molecular weight is 361 g/mol. The molecule has 27 heavy (non-hydrogen) atoms. The normalized spacial score (nSPS) is 10.4. The van der Waals surface area contributed by atoms with Crippen LogP contribution in [0.3, 0.4) is 0 Å². The van der Waals surface area contributed by atoms with Gasteiger partial charge >= 0.3 is 0 Å². The zero-order chi connectivity index (χ0) is 19.6. The standard InChI is InChI=1S/C21H19N3O3/c1-3-12-27-20-7-5-4-6-16(20)13-17(14-22)21(26)24-19-10-8-18(9-11-19)23-15(2)25/h3-11,13H,1,12H2,2H3,(H,23,25)(H,24,26)/b17-13+. The van der Waals surface area contributed by atoms with Gasteiger partial charge in [-0.15, -0.1) is 0 Å². The smallest absolute Gasteiger partial charge is 0.266 e. The van der Waals surface area contributed by atoms with Gasteiger partial charge < -0.3 is 15.4 Å². The summed E-state index contributed by atoms with van der Waals surface area (Å²) in [6.45, 7) is 5.33. The van der Waals surface area contributed by atoms with Gasteiger partial charge in [0.25, 0.3) is 5.91 Å². The number of nitrogens with one attached hydrogen (secondary N) is 2. The van der Waals surface area contributed by atoms with Crippen LogP contribution in [0.5, 0.6) is 5.75 Å². The number of hydrogen-bond donors (Lipinski definition) is 2. The summed E-state index contributed by atoms with van der Waals surface area (Å²) in [6.07, 6.45) is 3.09. The summed E-state index contributed by atoms with van der Waals surface area (Å²) in [5.41, 5.74) is 1.68. The lowest BCUT2D eigenvalue weighted by molar-refractivity contribution is -0.114. The van der Waals surface area contributed by atoms with Crippen LogP contribution in [0, 0.1) is 11.3 Å². The molecule has 0 saturated carbocycles. The van der Waals surface area contributed by atoms with Crippen molar-refractivity contribution in [1.82, 2.24) is 0 Å². The lowest BCUT2D eigenvalue weighted by Crippen LogP contribution is -2.13. The highest BCUT2D eigenvalue weighted by atomic mass is 16.5. The van der Waals surface area contributed by atoms with Crippen molar-refractivity contribution < 1.29 is 14.3 Å². The van der Waals surface area contributed by atoms with Crippen molar-refractivity contribution in [3.05, 3.63) is 72.3 Å². The number of nitrogens with zero attached hydrogens (tertiary/aromatic N) is 1. The second-order valence-electron chi connectivity index (χ2n) is 5.52. The first-order valence-electron chi connectivity index (χ1n) is 8.17. The van der Waals surface area contributed by atoms with Gasteiger partial charge in [0.1, 0.15) is 24.0 Å². The molecule has 0 aliphatic carbocycles. The Morgan fingerprint density at radius 2 is 1.74 bits per heavy atom. The Morgan fingerprint density at radius 3 is 2.33 bits per heavy atom. The second kappa shape index (κ2) is 9.59. The molecule has 0 unspecified atom stereocenters. The maximum atomic E-state index is 12.4. The lowest BCUT2D eigenvalue weighted by atomic mass is 10.1. The maximum absolute atomic E-state index is 12.4. The Bertz CT molecular complexity index is 909. The van der Waals surface area contributed by atoms with Crippen molar-refractivity contribution in [2.75, 3.05) is 17.2 Å². The molecule has 2 rings (SSSR count). The van der Waals surface area contributed by atoms with E-state index < -0.39 is 5.91 Å². The zero-order valence-electron chi connectivity index (χ0n) is 14.9. The first kappa shape index (κ1) is 19.5. The molecule has 2 N–H and O–H groups in total. The van der Waals surface area contributed by atoms with E-state index in [0.717, 1.165) is 0 Å². The molecule has 0 bridgehead atoms. The van der Waals surface area contributed by atoms with Crippen LogP contribution < -0.4 is 15.4 Å². The predicted molar refractivity (Wildman–Crippen MR) is 105 cm³/mol. The van der Waals surface area contributed by atoms with Gasteiger partial charge in [0.15, 0.2) is 0 Å². The number of carbonyl (C=O) groups excluding carboxylic acids is 2. The van der Waals surface area contributed by atoms with E-state index in [4.69, 9.17) is 4.74 Å². The van der Waals surface area contributed by atoms with Crippen LogP contribution in [0.1, 0.15) is 12.5 Å². The highest BCUT2D eigenvalue weighted by Gasteiger charge is 2.11. The van der Waals surface area contributed by atoms with E-state index in [1.807, 2.05) is 6.07 Å². The first-order chi connectivity index (χ1) is 13.0. The molecule has 0 atom stereocenters. The van der Waals surface area contributed by atoms with Crippen molar-refractivity contribution in [2.24, 2.45) is 0 Å². The summed E-state index contributed by atoms with van der Waals surface area (Å²) in [5, 5.41) is 14.7. The molecular formula is C21H19N3O3. The fourth-order valence-corrected chi connectivity index (χ4v) is 2.22. The van der Waals surface area contributed by atoms with E-state index in [1.165, 1.54) is 13.0 Å². The molecule has 0 aromatic heterocycles. The van der Waals surface area contributed by atoms with Gasteiger partial charge in [-0.2, -0.15) is 5.26 Å². The number of amides is 2. The molecule has 2 aromatic rings. The van der Waals surface area contributed by atoms with Crippen molar-refractivity contribution >= 4 is 29.3 Å². The van der Waals surface area contributed by atoms with E-state index >= 15 is 0 Å². The van der Waals surface area contributed by atoms with E-state index in [1.54, 1.807) is 54.6 Å². The summed E-state index contributed by atoms with van der Waals surface area (Å²) in [6, 6.07) is 15.6. The molecule has 0 fully saturated rings. The Balaban J connectivity index is 2.16. The summed E-state index contributed by atoms with van der Waals surface area (Å²) in [5.74, 6) is -0.167. The van der Waals surface area contributed by atoms with Gasteiger partial charge in [-0.1, -0.05) is 30.9 Å². The number of nitriles is 1. The van der Waals surface area contributed by atoms with Crippen LogP contribution in [-0.2, 0) is 9.59 Å². The predicted octanol–water partition coefficient (Wildman–Crippen LogP) is 3.76. The van der Waals surface area contributed by atoms with E-state index in [9.17, 15) is 14.9 Å². The molecule has 0 radical (unpaired) electrons. The number of hydrogen-bond acceptors (Lipinski definition) is 4. The lowest BCUT2D eigenvalue weighted by Gasteiger charge is -2.08. The molecular weight excluding hydrogens is 342 g/mol. The minimum Gasteiger partial charge on any atom is -0.489 e. The van der Waals surface area contributed by atoms with Gasteiger partial charge in [0, 0.05) is 23.9 Å². The van der Waals surface area contributed by atoms with Crippen molar-refractivity contribution in [2.45, 2.75) is 6.92 Å². The Labute approximate surface area is 157 Å². The number of anilines is 2. The van der Waals surface area contributed by atoms with E-state index in [2.05, 4.69) is 17.2 Å². The van der Waals surface area contributed by atoms with Crippen molar-refractivity contribution in [3.8, 4) is 11.8 Å². The summed E-state index contributed by atoms with van der Waals surface area (Å²) < 4.78 is 5.54. The van der Waals surface area contributed by atoms with E-state index in [0.29, 0.717) is 29.3 Å². The van der Waals surface area contributed by atoms with Crippen LogP contribution in [0.15, 0.2) is 66.8 Å². The minimum atomic E-state index is -0.539. The van der Waals surface area contributed by atoms with Gasteiger partial charge in [0.05, 0.1) is 0 Å². The van der Waals surface area contributed by atoms with E-state index in [-0.39, 0.29) is 11.5 Å². The molecule has 0 spiro atoms. The number of ether oxygens (including phenoxy) is 1. The molecule has 2 aromatic carbocycles. The summed E-state index contributed by atoms with van der Waals surface area (Å²) >= 11 is 0. The van der Waals surface area contributed by atoms with Crippen LogP contribution in [-0.4, -0.2) is 18.4 Å². The number of benzene rings is 2. The topological polar surface area (TPSA) is 91.2 Å². The van der Waals surface area contributed by atoms with Gasteiger partial charge in [0.2, 0.25) is 5.91 Å². The molecule has 0 aliphatic heterocycles. The van der Waals surface area contributed by atoms with Crippen LogP contribution in [0.4, 0.5) is 11.4 Å². The fourth-order valence-electron chi connectivity index (χ4n) is 2.22. The number of rotatable bonds is 7. The van der Waals surface area contributed by atoms with Crippen molar-refractivity contribution in [3.63, 3.8) is 0 Å². The minimum absolute atomic E-state index is 0.0596. The monoisotopic (exact) mass is 361 g/mol. The number of para-hydroxylation sites is 1. The Kier molecular flexibility index (Phi) is 6.91. The highest BCUT2D eigenvalue weighted by molar-refractivity contribution is 6.09. The fraction of sp³-hybridized carbons (Fsp3) is 0.0952. The van der Waals surface area contributed by atoms with Gasteiger partial charge in [-0.3, -0.25) is 9.59 Å². The molecule has 6 heteroatoms. The maximum Gasteiger partial charge on any atom is 0.266 e. The SMILES string of the molecule is C=CCOc1ccccc1/C=C(\C#N)C(=O)Nc1ccc(NC(C)=O)cc1. The number of carbonyl (C=O) groups is 2. The van der Waals surface area contributed by atoms with Crippen molar-refractivity contribution in [1.29, 1.82) is 5.26 Å². The largest absolute Gasteiger partial charge is 0.489 e. The highest BCUT2D eigenvalue weighted by Crippen LogP contribution is 2.22. The Morgan fingerprint density at radius 1 is 1.11 bits per heavy atom. The van der Waals surface area contributed by atoms with Crippen LogP contribution in [0.2, 0.25) is 0 Å². The second-order valence-corrected chi connectivity index (χ2v) is 5.52. The zero-order valence-corrected chi connectivity index (χ0v) is 14.9. The summed E-state index contributed by atoms with van der Waals surface area (Å²) in [7, 11) is 0. The Hall–Kier alpha value is -3.85. The molecule has 6 nitrogen and oxygen atoms in total. The van der Waals surface area contributed by atoms with Gasteiger partial charge in [-0.05, 0) is 36.4 Å². The molecule has 0 saturated heterocycles. The van der Waals surface area contributed by atoms with Gasteiger partial charge in [-0.25, -0.2) is 0 Å². The first-order valence-corrected chi connectivity index (χ1v) is 8.17. The average Bonchev–Trinajstić information content (AvgIpc) is 2.66. The third-order valence-electron chi connectivity index (χ3n) is 3.40. The molecule has 0 aliphatic rings. The van der Waals surface area contributed by atoms with Crippen LogP contribution in [0.25, 0.3) is 6.08 Å². The van der Waals surface area contributed by atoms with Crippen LogP contribution >= 0.6 is 0 Å². The molecule has 0 heterocycles. The molecule has 136 valence electrons. The summed E-state index contributed by atoms with van der Waals surface area (Å²) in [4.78, 5) is 23.4. The third kappa shape index (κ3) is 5.87. The third-order valence-corrected chi connectivity index (χ3v) is 3.40. The molecule has 2 amide bonds.